The molecule has 34 heavy (non-hydrogen) atoms. The van der Waals surface area contributed by atoms with Crippen molar-refractivity contribution in [3.05, 3.63) is 84.0 Å². The Morgan fingerprint density at radius 3 is 1.53 bits per heavy atom. The van der Waals surface area contributed by atoms with Crippen LogP contribution >= 0.6 is 0 Å². The maximum Gasteiger partial charge on any atom is 0.333 e. The van der Waals surface area contributed by atoms with Gasteiger partial charge in [-0.2, -0.15) is 0 Å². The van der Waals surface area contributed by atoms with E-state index in [1.54, 1.807) is 6.92 Å². The molecule has 2 aromatic rings. The quantitative estimate of drug-likeness (QED) is 0.224. The molecule has 0 amide bonds. The highest BCUT2D eigenvalue weighted by atomic mass is 16.6. The predicted octanol–water partition coefficient (Wildman–Crippen LogP) is 5.40. The standard InChI is InChI=1S/C28H34O6/c1-7-21(4)27(30)34-19-17-32-25-14-10-23(11-15-25)28(5,6)22-8-12-24(13-9-22)31-16-18-33-26(29)20(2)3/h8-15H,2,4,7,16-19H2,1,3,5-6H3. The van der Waals surface area contributed by atoms with E-state index in [9.17, 15) is 9.59 Å². The highest BCUT2D eigenvalue weighted by Crippen LogP contribution is 2.33. The largest absolute Gasteiger partial charge is 0.490 e. The zero-order valence-corrected chi connectivity index (χ0v) is 20.5. The molecule has 0 N–H and O–H groups in total. The first-order valence-electron chi connectivity index (χ1n) is 11.3. The number of carbonyl (C=O) groups excluding carboxylic acids is 2. The Hall–Kier alpha value is -3.54. The highest BCUT2D eigenvalue weighted by Gasteiger charge is 2.23. The van der Waals surface area contributed by atoms with Gasteiger partial charge >= 0.3 is 11.9 Å². The summed E-state index contributed by atoms with van der Waals surface area (Å²) in [6, 6.07) is 15.7. The first kappa shape index (κ1) is 26.7. The molecule has 6 heteroatoms. The minimum Gasteiger partial charge on any atom is -0.490 e. The van der Waals surface area contributed by atoms with E-state index < -0.39 is 5.97 Å². The number of benzene rings is 2. The van der Waals surface area contributed by atoms with Crippen LogP contribution in [0.4, 0.5) is 0 Å². The second-order valence-electron chi connectivity index (χ2n) is 8.38. The minimum absolute atomic E-state index is 0.170. The van der Waals surface area contributed by atoms with E-state index >= 15 is 0 Å². The number of carbonyl (C=O) groups is 2. The van der Waals surface area contributed by atoms with E-state index in [1.165, 1.54) is 0 Å². The van der Waals surface area contributed by atoms with Gasteiger partial charge in [-0.25, -0.2) is 9.59 Å². The van der Waals surface area contributed by atoms with Gasteiger partial charge in [0.2, 0.25) is 0 Å². The lowest BCUT2D eigenvalue weighted by molar-refractivity contribution is -0.140. The first-order valence-corrected chi connectivity index (χ1v) is 11.3. The van der Waals surface area contributed by atoms with Crippen LogP contribution in [0.2, 0.25) is 0 Å². The molecule has 0 heterocycles. The number of rotatable bonds is 13. The second kappa shape index (κ2) is 12.6. The van der Waals surface area contributed by atoms with Crippen molar-refractivity contribution in [2.45, 2.75) is 39.5 Å². The van der Waals surface area contributed by atoms with E-state index in [2.05, 4.69) is 27.0 Å². The second-order valence-corrected chi connectivity index (χ2v) is 8.38. The first-order chi connectivity index (χ1) is 16.1. The Morgan fingerprint density at radius 2 is 1.15 bits per heavy atom. The molecule has 0 aliphatic rings. The molecule has 0 atom stereocenters. The van der Waals surface area contributed by atoms with Crippen molar-refractivity contribution in [3.8, 4) is 11.5 Å². The van der Waals surface area contributed by atoms with E-state index in [0.717, 1.165) is 11.1 Å². The van der Waals surface area contributed by atoms with Crippen molar-refractivity contribution in [1.29, 1.82) is 0 Å². The average molecular weight is 467 g/mol. The molecule has 0 radical (unpaired) electrons. The lowest BCUT2D eigenvalue weighted by Crippen LogP contribution is -2.19. The predicted molar refractivity (Wildman–Crippen MR) is 132 cm³/mol. The maximum atomic E-state index is 11.6. The molecule has 182 valence electrons. The van der Waals surface area contributed by atoms with E-state index in [1.807, 2.05) is 55.5 Å². The van der Waals surface area contributed by atoms with Crippen molar-refractivity contribution < 1.29 is 28.5 Å². The average Bonchev–Trinajstić information content (AvgIpc) is 2.84. The summed E-state index contributed by atoms with van der Waals surface area (Å²) in [6.07, 6.45) is 0.569. The Bertz CT molecular complexity index is 987. The van der Waals surface area contributed by atoms with Crippen LogP contribution in [-0.4, -0.2) is 38.4 Å². The van der Waals surface area contributed by atoms with Crippen LogP contribution < -0.4 is 9.47 Å². The number of hydrogen-bond acceptors (Lipinski definition) is 6. The summed E-state index contributed by atoms with van der Waals surface area (Å²) in [4.78, 5) is 23.0. The molecule has 0 bridgehead atoms. The zero-order chi connectivity index (χ0) is 25.1. The van der Waals surface area contributed by atoms with Gasteiger partial charge in [0.05, 0.1) is 0 Å². The van der Waals surface area contributed by atoms with Crippen LogP contribution in [0, 0.1) is 0 Å². The van der Waals surface area contributed by atoms with Gasteiger partial charge in [0.1, 0.15) is 37.9 Å². The molecule has 0 aliphatic carbocycles. The monoisotopic (exact) mass is 466 g/mol. The fourth-order valence-corrected chi connectivity index (χ4v) is 3.06. The lowest BCUT2D eigenvalue weighted by atomic mass is 9.78. The third-order valence-corrected chi connectivity index (χ3v) is 5.39. The minimum atomic E-state index is -0.418. The van der Waals surface area contributed by atoms with Crippen LogP contribution in [0.25, 0.3) is 0 Å². The molecule has 0 aliphatic heterocycles. The van der Waals surface area contributed by atoms with Gasteiger partial charge < -0.3 is 18.9 Å². The molecule has 0 saturated carbocycles. The molecule has 2 aromatic carbocycles. The fourth-order valence-electron chi connectivity index (χ4n) is 3.06. The van der Waals surface area contributed by atoms with Crippen LogP contribution in [0.15, 0.2) is 72.8 Å². The summed E-state index contributed by atoms with van der Waals surface area (Å²) in [5.41, 5.74) is 2.85. The van der Waals surface area contributed by atoms with E-state index in [4.69, 9.17) is 18.9 Å². The van der Waals surface area contributed by atoms with Gasteiger partial charge in [-0.15, -0.1) is 0 Å². The zero-order valence-electron chi connectivity index (χ0n) is 20.5. The van der Waals surface area contributed by atoms with Crippen molar-refractivity contribution >= 4 is 11.9 Å². The van der Waals surface area contributed by atoms with Gasteiger partial charge in [0, 0.05) is 16.6 Å². The van der Waals surface area contributed by atoms with Crippen LogP contribution in [0.5, 0.6) is 11.5 Å². The summed E-state index contributed by atoms with van der Waals surface area (Å²) in [6.45, 7) is 15.9. The third kappa shape index (κ3) is 7.80. The molecule has 0 unspecified atom stereocenters. The molecule has 0 aromatic heterocycles. The topological polar surface area (TPSA) is 71.1 Å². The smallest absolute Gasteiger partial charge is 0.333 e. The SMILES string of the molecule is C=C(C)C(=O)OCCOc1ccc(C(C)(C)c2ccc(OCCOC(=O)C(=C)CC)cc2)cc1. The molecular weight excluding hydrogens is 432 g/mol. The third-order valence-electron chi connectivity index (χ3n) is 5.39. The molecule has 0 saturated heterocycles. The Balaban J connectivity index is 1.86. The van der Waals surface area contributed by atoms with Crippen molar-refractivity contribution in [2.24, 2.45) is 0 Å². The van der Waals surface area contributed by atoms with E-state index in [-0.39, 0.29) is 37.8 Å². The summed E-state index contributed by atoms with van der Waals surface area (Å²) < 4.78 is 21.5. The van der Waals surface area contributed by atoms with Gasteiger partial charge in [0.25, 0.3) is 0 Å². The number of esters is 2. The summed E-state index contributed by atoms with van der Waals surface area (Å²) in [7, 11) is 0. The Kier molecular flexibility index (Phi) is 9.92. The molecule has 0 fully saturated rings. The van der Waals surface area contributed by atoms with Gasteiger partial charge in [-0.05, 0) is 48.7 Å². The summed E-state index contributed by atoms with van der Waals surface area (Å²) in [5, 5.41) is 0. The van der Waals surface area contributed by atoms with Gasteiger partial charge in [-0.3, -0.25) is 0 Å². The normalized spacial score (nSPS) is 10.8. The van der Waals surface area contributed by atoms with Crippen molar-refractivity contribution in [2.75, 3.05) is 26.4 Å². The number of ether oxygens (including phenoxy) is 4. The summed E-state index contributed by atoms with van der Waals surface area (Å²) >= 11 is 0. The molecule has 6 nitrogen and oxygen atoms in total. The molecular formula is C28H34O6. The van der Waals surface area contributed by atoms with Crippen molar-refractivity contribution in [3.63, 3.8) is 0 Å². The molecule has 0 spiro atoms. The van der Waals surface area contributed by atoms with Gasteiger partial charge in [0.15, 0.2) is 0 Å². The maximum absolute atomic E-state index is 11.6. The van der Waals surface area contributed by atoms with Crippen molar-refractivity contribution in [1.82, 2.24) is 0 Å². The van der Waals surface area contributed by atoms with E-state index in [0.29, 0.717) is 29.1 Å². The Morgan fingerprint density at radius 1 is 0.735 bits per heavy atom. The molecule has 2 rings (SSSR count). The number of hydrogen-bond donors (Lipinski definition) is 0. The van der Waals surface area contributed by atoms with Crippen LogP contribution in [0.3, 0.4) is 0 Å². The van der Waals surface area contributed by atoms with Gasteiger partial charge in [-0.1, -0.05) is 58.2 Å². The lowest BCUT2D eigenvalue weighted by Gasteiger charge is -2.26. The highest BCUT2D eigenvalue weighted by molar-refractivity contribution is 5.87. The van der Waals surface area contributed by atoms with Crippen LogP contribution in [0.1, 0.15) is 45.2 Å². The Labute approximate surface area is 202 Å². The fraction of sp³-hybridized carbons (Fsp3) is 0.357. The van der Waals surface area contributed by atoms with Crippen LogP contribution in [-0.2, 0) is 24.5 Å². The summed E-state index contributed by atoms with van der Waals surface area (Å²) in [5.74, 6) is 0.614.